The molecule has 1 aromatic heterocycles. The van der Waals surface area contributed by atoms with Crippen LogP contribution in [-0.4, -0.2) is 35.0 Å². The summed E-state index contributed by atoms with van der Waals surface area (Å²) in [6.07, 6.45) is 3.35. The van der Waals surface area contributed by atoms with Crippen LogP contribution in [0.4, 0.5) is 0 Å². The third-order valence-electron chi connectivity index (χ3n) is 4.34. The average Bonchev–Trinajstić information content (AvgIpc) is 2.62. The zero-order valence-corrected chi connectivity index (χ0v) is 14.4. The van der Waals surface area contributed by atoms with E-state index < -0.39 is 0 Å². The van der Waals surface area contributed by atoms with Crippen LogP contribution in [0.15, 0.2) is 48.7 Å². The van der Waals surface area contributed by atoms with Crippen LogP contribution in [0.5, 0.6) is 0 Å². The molecule has 0 aliphatic carbocycles. The van der Waals surface area contributed by atoms with Crippen molar-refractivity contribution in [3.05, 3.63) is 64.9 Å². The Morgan fingerprint density at radius 3 is 2.50 bits per heavy atom. The first-order chi connectivity index (χ1) is 11.6. The highest BCUT2D eigenvalue weighted by molar-refractivity contribution is 6.30. The molecule has 1 fully saturated rings. The summed E-state index contributed by atoms with van der Waals surface area (Å²) >= 11 is 6.01. The van der Waals surface area contributed by atoms with E-state index in [0.29, 0.717) is 5.02 Å². The van der Waals surface area contributed by atoms with Crippen molar-refractivity contribution in [2.75, 3.05) is 13.1 Å². The SMILES string of the molecule is CC(=O)N1CCC(OC(c2ccc(Cl)cc2)c2ccccn2)CC1. The molecule has 0 radical (unpaired) electrons. The molecule has 0 saturated carbocycles. The van der Waals surface area contributed by atoms with Crippen molar-refractivity contribution >= 4 is 17.5 Å². The Hall–Kier alpha value is -1.91. The zero-order chi connectivity index (χ0) is 16.9. The second-order valence-electron chi connectivity index (χ2n) is 6.03. The molecular formula is C19H21ClN2O2. The number of carbonyl (C=O) groups is 1. The molecule has 4 nitrogen and oxygen atoms in total. The number of hydrogen-bond acceptors (Lipinski definition) is 3. The number of amides is 1. The molecule has 126 valence electrons. The molecule has 1 saturated heterocycles. The van der Waals surface area contributed by atoms with Crippen molar-refractivity contribution in [3.63, 3.8) is 0 Å². The Labute approximate surface area is 147 Å². The van der Waals surface area contributed by atoms with E-state index in [-0.39, 0.29) is 18.1 Å². The molecule has 3 rings (SSSR count). The van der Waals surface area contributed by atoms with Crippen molar-refractivity contribution in [1.82, 2.24) is 9.88 Å². The van der Waals surface area contributed by atoms with E-state index in [1.54, 1.807) is 13.1 Å². The molecule has 1 atom stereocenters. The van der Waals surface area contributed by atoms with Gasteiger partial charge in [-0.3, -0.25) is 9.78 Å². The summed E-state index contributed by atoms with van der Waals surface area (Å²) in [6.45, 7) is 3.11. The van der Waals surface area contributed by atoms with Crippen LogP contribution in [0.25, 0.3) is 0 Å². The molecule has 0 N–H and O–H groups in total. The average molecular weight is 345 g/mol. The van der Waals surface area contributed by atoms with Crippen LogP contribution >= 0.6 is 11.6 Å². The number of halogens is 1. The molecule has 1 amide bonds. The van der Waals surface area contributed by atoms with Gasteiger partial charge in [0.2, 0.25) is 5.91 Å². The molecule has 2 heterocycles. The minimum Gasteiger partial charge on any atom is -0.364 e. The molecule has 1 aromatic carbocycles. The molecule has 24 heavy (non-hydrogen) atoms. The van der Waals surface area contributed by atoms with E-state index in [9.17, 15) is 4.79 Å². The number of rotatable bonds is 4. The number of aromatic nitrogens is 1. The molecule has 2 aromatic rings. The first kappa shape index (κ1) is 16.9. The van der Waals surface area contributed by atoms with Gasteiger partial charge in [-0.05, 0) is 42.7 Å². The van der Waals surface area contributed by atoms with Gasteiger partial charge in [-0.1, -0.05) is 29.8 Å². The Morgan fingerprint density at radius 1 is 1.21 bits per heavy atom. The third-order valence-corrected chi connectivity index (χ3v) is 4.60. The van der Waals surface area contributed by atoms with Crippen molar-refractivity contribution in [1.29, 1.82) is 0 Å². The highest BCUT2D eigenvalue weighted by Crippen LogP contribution is 2.29. The van der Waals surface area contributed by atoms with Gasteiger partial charge >= 0.3 is 0 Å². The maximum absolute atomic E-state index is 11.5. The maximum Gasteiger partial charge on any atom is 0.219 e. The van der Waals surface area contributed by atoms with Gasteiger partial charge in [0.1, 0.15) is 6.10 Å². The second kappa shape index (κ2) is 7.77. The molecule has 1 aliphatic heterocycles. The number of nitrogens with zero attached hydrogens (tertiary/aromatic N) is 2. The van der Waals surface area contributed by atoms with E-state index in [2.05, 4.69) is 4.98 Å². The van der Waals surface area contributed by atoms with Gasteiger partial charge in [-0.15, -0.1) is 0 Å². The summed E-state index contributed by atoms with van der Waals surface area (Å²) < 4.78 is 6.39. The highest BCUT2D eigenvalue weighted by Gasteiger charge is 2.26. The van der Waals surface area contributed by atoms with Crippen LogP contribution in [0.3, 0.4) is 0 Å². The summed E-state index contributed by atoms with van der Waals surface area (Å²) in [6, 6.07) is 13.5. The van der Waals surface area contributed by atoms with Crippen LogP contribution in [0.2, 0.25) is 5.02 Å². The number of pyridine rings is 1. The molecular weight excluding hydrogens is 324 g/mol. The molecule has 1 unspecified atom stereocenters. The van der Waals surface area contributed by atoms with E-state index in [0.717, 1.165) is 37.2 Å². The largest absolute Gasteiger partial charge is 0.364 e. The Morgan fingerprint density at radius 2 is 1.92 bits per heavy atom. The van der Waals surface area contributed by atoms with Gasteiger partial charge in [0.25, 0.3) is 0 Å². The summed E-state index contributed by atoms with van der Waals surface area (Å²) in [5.41, 5.74) is 1.92. The molecule has 0 bridgehead atoms. The summed E-state index contributed by atoms with van der Waals surface area (Å²) in [4.78, 5) is 17.8. The normalized spacial score (nSPS) is 16.8. The lowest BCUT2D eigenvalue weighted by atomic mass is 10.0. The van der Waals surface area contributed by atoms with Crippen molar-refractivity contribution in [2.45, 2.75) is 32.0 Å². The number of carbonyl (C=O) groups excluding carboxylic acids is 1. The fourth-order valence-corrected chi connectivity index (χ4v) is 3.11. The Balaban J connectivity index is 1.76. The number of hydrogen-bond donors (Lipinski definition) is 0. The minimum absolute atomic E-state index is 0.114. The van der Waals surface area contributed by atoms with Gasteiger partial charge in [0.15, 0.2) is 0 Å². The number of likely N-dealkylation sites (tertiary alicyclic amines) is 1. The lowest BCUT2D eigenvalue weighted by molar-refractivity contribution is -0.132. The number of ether oxygens (including phenoxy) is 1. The highest BCUT2D eigenvalue weighted by atomic mass is 35.5. The second-order valence-corrected chi connectivity index (χ2v) is 6.46. The van der Waals surface area contributed by atoms with Gasteiger partial charge in [0, 0.05) is 31.2 Å². The summed E-state index contributed by atoms with van der Waals surface area (Å²) in [7, 11) is 0. The Bertz CT molecular complexity index is 668. The smallest absolute Gasteiger partial charge is 0.219 e. The fraction of sp³-hybridized carbons (Fsp3) is 0.368. The quantitative estimate of drug-likeness (QED) is 0.846. The van der Waals surface area contributed by atoms with E-state index >= 15 is 0 Å². The van der Waals surface area contributed by atoms with Crippen LogP contribution in [-0.2, 0) is 9.53 Å². The number of piperidine rings is 1. The topological polar surface area (TPSA) is 42.4 Å². The van der Waals surface area contributed by atoms with E-state index in [1.807, 2.05) is 47.4 Å². The predicted molar refractivity (Wildman–Crippen MR) is 93.9 cm³/mol. The third kappa shape index (κ3) is 4.13. The lowest BCUT2D eigenvalue weighted by Crippen LogP contribution is -2.40. The van der Waals surface area contributed by atoms with Crippen LogP contribution in [0.1, 0.15) is 37.1 Å². The fourth-order valence-electron chi connectivity index (χ4n) is 2.99. The van der Waals surface area contributed by atoms with Crippen LogP contribution in [0, 0.1) is 0 Å². The van der Waals surface area contributed by atoms with Crippen molar-refractivity contribution in [3.8, 4) is 0 Å². The predicted octanol–water partition coefficient (Wildman–Crippen LogP) is 3.85. The van der Waals surface area contributed by atoms with Crippen LogP contribution < -0.4 is 0 Å². The molecule has 1 aliphatic rings. The van der Waals surface area contributed by atoms with Gasteiger partial charge in [-0.2, -0.15) is 0 Å². The standard InChI is InChI=1S/C19H21ClN2O2/c1-14(23)22-12-9-17(10-13-22)24-19(18-4-2-3-11-21-18)15-5-7-16(20)8-6-15/h2-8,11,17,19H,9-10,12-13H2,1H3. The van der Waals surface area contributed by atoms with Gasteiger partial charge in [0.05, 0.1) is 11.8 Å². The van der Waals surface area contributed by atoms with E-state index in [4.69, 9.17) is 16.3 Å². The van der Waals surface area contributed by atoms with E-state index in [1.165, 1.54) is 0 Å². The Kier molecular flexibility index (Phi) is 5.48. The van der Waals surface area contributed by atoms with Gasteiger partial charge in [-0.25, -0.2) is 0 Å². The first-order valence-corrected chi connectivity index (χ1v) is 8.58. The molecule has 0 spiro atoms. The van der Waals surface area contributed by atoms with Gasteiger partial charge < -0.3 is 9.64 Å². The first-order valence-electron chi connectivity index (χ1n) is 8.21. The maximum atomic E-state index is 11.5. The van der Waals surface area contributed by atoms with Crippen molar-refractivity contribution in [2.24, 2.45) is 0 Å². The monoisotopic (exact) mass is 344 g/mol. The van der Waals surface area contributed by atoms with Crippen molar-refractivity contribution < 1.29 is 9.53 Å². The molecule has 5 heteroatoms. The zero-order valence-electron chi connectivity index (χ0n) is 13.7. The minimum atomic E-state index is -0.225. The summed E-state index contributed by atoms with van der Waals surface area (Å²) in [5, 5.41) is 0.702. The number of benzene rings is 1. The summed E-state index contributed by atoms with van der Waals surface area (Å²) in [5.74, 6) is 0.132. The lowest BCUT2D eigenvalue weighted by Gasteiger charge is -2.33.